The standard InChI is InChI=1S/C19H20ClFN2O/c1-23(2)19(10-13-6-3-4-7-14(13)11-19)18(24)22-12-15-16(20)8-5-9-17(15)21/h3-9H,10-12H2,1-2H3,(H,22,24). The van der Waals surface area contributed by atoms with Gasteiger partial charge in [0.2, 0.25) is 5.91 Å². The average molecular weight is 347 g/mol. The van der Waals surface area contributed by atoms with Gasteiger partial charge in [0.1, 0.15) is 11.4 Å². The first-order valence-electron chi connectivity index (χ1n) is 7.89. The molecule has 1 amide bonds. The van der Waals surface area contributed by atoms with Crippen molar-refractivity contribution in [3.8, 4) is 0 Å². The molecule has 126 valence electrons. The smallest absolute Gasteiger partial charge is 0.241 e. The number of nitrogens with one attached hydrogen (secondary N) is 1. The molecular formula is C19H20ClFN2O. The average Bonchev–Trinajstić information content (AvgIpc) is 2.95. The lowest BCUT2D eigenvalue weighted by Gasteiger charge is -2.34. The summed E-state index contributed by atoms with van der Waals surface area (Å²) in [5.74, 6) is -0.514. The van der Waals surface area contributed by atoms with Gasteiger partial charge in [0.05, 0.1) is 0 Å². The van der Waals surface area contributed by atoms with Gasteiger partial charge in [-0.25, -0.2) is 4.39 Å². The Balaban J connectivity index is 1.80. The Morgan fingerprint density at radius 3 is 2.33 bits per heavy atom. The molecule has 24 heavy (non-hydrogen) atoms. The highest BCUT2D eigenvalue weighted by molar-refractivity contribution is 6.31. The lowest BCUT2D eigenvalue weighted by atomic mass is 9.92. The van der Waals surface area contributed by atoms with E-state index in [0.717, 1.165) is 0 Å². The summed E-state index contributed by atoms with van der Waals surface area (Å²) in [4.78, 5) is 14.9. The molecule has 0 aliphatic heterocycles. The van der Waals surface area contributed by atoms with Crippen LogP contribution in [0.3, 0.4) is 0 Å². The normalized spacial score (nSPS) is 15.4. The van der Waals surface area contributed by atoms with Gasteiger partial charge in [-0.15, -0.1) is 0 Å². The van der Waals surface area contributed by atoms with Crippen LogP contribution in [0.2, 0.25) is 5.02 Å². The minimum atomic E-state index is -0.651. The molecule has 0 saturated heterocycles. The molecular weight excluding hydrogens is 327 g/mol. The maximum absolute atomic E-state index is 13.9. The number of likely N-dealkylation sites (N-methyl/N-ethyl adjacent to an activating group) is 1. The number of halogens is 2. The highest BCUT2D eigenvalue weighted by Gasteiger charge is 2.45. The predicted molar refractivity (Wildman–Crippen MR) is 93.5 cm³/mol. The SMILES string of the molecule is CN(C)C1(C(=O)NCc2c(F)cccc2Cl)Cc2ccccc2C1. The van der Waals surface area contributed by atoms with Gasteiger partial charge < -0.3 is 5.32 Å². The number of benzene rings is 2. The van der Waals surface area contributed by atoms with Crippen LogP contribution in [0.15, 0.2) is 42.5 Å². The van der Waals surface area contributed by atoms with Crippen LogP contribution in [-0.2, 0) is 24.2 Å². The molecule has 3 nitrogen and oxygen atoms in total. The van der Waals surface area contributed by atoms with Crippen LogP contribution in [0.5, 0.6) is 0 Å². The van der Waals surface area contributed by atoms with E-state index in [-0.39, 0.29) is 12.5 Å². The fraction of sp³-hybridized carbons (Fsp3) is 0.316. The Labute approximate surface area is 146 Å². The van der Waals surface area contributed by atoms with Crippen LogP contribution in [-0.4, -0.2) is 30.4 Å². The summed E-state index contributed by atoms with van der Waals surface area (Å²) in [6.45, 7) is 0.0796. The van der Waals surface area contributed by atoms with Gasteiger partial charge in [-0.1, -0.05) is 41.9 Å². The molecule has 0 atom stereocenters. The predicted octanol–water partition coefficient (Wildman–Crippen LogP) is 3.19. The first-order valence-corrected chi connectivity index (χ1v) is 8.27. The minimum absolute atomic E-state index is 0.0796. The van der Waals surface area contributed by atoms with Crippen LogP contribution < -0.4 is 5.32 Å². The summed E-state index contributed by atoms with van der Waals surface area (Å²) in [7, 11) is 3.81. The van der Waals surface area contributed by atoms with Crippen molar-refractivity contribution in [2.24, 2.45) is 0 Å². The molecule has 1 aliphatic rings. The van der Waals surface area contributed by atoms with Crippen LogP contribution >= 0.6 is 11.6 Å². The molecule has 0 radical (unpaired) electrons. The molecule has 0 saturated carbocycles. The number of rotatable bonds is 4. The number of hydrogen-bond acceptors (Lipinski definition) is 2. The molecule has 0 unspecified atom stereocenters. The van der Waals surface area contributed by atoms with E-state index in [1.54, 1.807) is 12.1 Å². The van der Waals surface area contributed by atoms with E-state index < -0.39 is 11.4 Å². The molecule has 3 rings (SSSR count). The minimum Gasteiger partial charge on any atom is -0.350 e. The van der Waals surface area contributed by atoms with Gasteiger partial charge in [-0.3, -0.25) is 9.69 Å². The Hall–Kier alpha value is -1.91. The first-order chi connectivity index (χ1) is 11.4. The van der Waals surface area contributed by atoms with E-state index in [9.17, 15) is 9.18 Å². The van der Waals surface area contributed by atoms with Crippen LogP contribution in [0, 0.1) is 5.82 Å². The van der Waals surface area contributed by atoms with E-state index in [1.807, 2.05) is 31.1 Å². The van der Waals surface area contributed by atoms with E-state index in [2.05, 4.69) is 17.4 Å². The Morgan fingerprint density at radius 1 is 1.17 bits per heavy atom. The van der Waals surface area contributed by atoms with Crippen molar-refractivity contribution in [3.63, 3.8) is 0 Å². The van der Waals surface area contributed by atoms with Gasteiger partial charge in [-0.2, -0.15) is 0 Å². The number of amides is 1. The number of carbonyl (C=O) groups excluding carboxylic acids is 1. The molecule has 1 N–H and O–H groups in total. The lowest BCUT2D eigenvalue weighted by molar-refractivity contribution is -0.131. The molecule has 2 aromatic carbocycles. The summed E-state index contributed by atoms with van der Waals surface area (Å²) in [5, 5.41) is 3.20. The van der Waals surface area contributed by atoms with Gasteiger partial charge in [0.15, 0.2) is 0 Å². The summed E-state index contributed by atoms with van der Waals surface area (Å²) in [6.07, 6.45) is 1.29. The second kappa shape index (κ2) is 6.54. The third-order valence-electron chi connectivity index (χ3n) is 4.85. The van der Waals surface area contributed by atoms with Crippen molar-refractivity contribution >= 4 is 17.5 Å². The van der Waals surface area contributed by atoms with E-state index in [0.29, 0.717) is 23.4 Å². The molecule has 5 heteroatoms. The fourth-order valence-electron chi connectivity index (χ4n) is 3.31. The summed E-state index contributed by atoms with van der Waals surface area (Å²) < 4.78 is 13.9. The van der Waals surface area contributed by atoms with E-state index in [4.69, 9.17) is 11.6 Å². The van der Waals surface area contributed by atoms with Gasteiger partial charge in [0, 0.05) is 30.0 Å². The largest absolute Gasteiger partial charge is 0.350 e. The topological polar surface area (TPSA) is 32.3 Å². The maximum atomic E-state index is 13.9. The number of nitrogens with zero attached hydrogens (tertiary/aromatic N) is 1. The Kier molecular flexibility index (Phi) is 4.61. The molecule has 0 heterocycles. The molecule has 1 aliphatic carbocycles. The highest BCUT2D eigenvalue weighted by atomic mass is 35.5. The van der Waals surface area contributed by atoms with Crippen molar-refractivity contribution < 1.29 is 9.18 Å². The quantitative estimate of drug-likeness (QED) is 0.922. The zero-order valence-corrected chi connectivity index (χ0v) is 14.5. The zero-order chi connectivity index (χ0) is 17.3. The Bertz CT molecular complexity index is 730. The summed E-state index contributed by atoms with van der Waals surface area (Å²) >= 11 is 6.04. The van der Waals surface area contributed by atoms with Crippen LogP contribution in [0.25, 0.3) is 0 Å². The fourth-order valence-corrected chi connectivity index (χ4v) is 3.54. The van der Waals surface area contributed by atoms with Crippen LogP contribution in [0.4, 0.5) is 4.39 Å². The monoisotopic (exact) mass is 346 g/mol. The molecule has 0 spiro atoms. The number of carbonyl (C=O) groups is 1. The maximum Gasteiger partial charge on any atom is 0.241 e. The van der Waals surface area contributed by atoms with Crippen molar-refractivity contribution in [2.75, 3.05) is 14.1 Å². The third kappa shape index (κ3) is 2.92. The third-order valence-corrected chi connectivity index (χ3v) is 5.20. The lowest BCUT2D eigenvalue weighted by Crippen LogP contribution is -2.57. The second-order valence-corrected chi connectivity index (χ2v) is 6.84. The molecule has 2 aromatic rings. The van der Waals surface area contributed by atoms with Crippen molar-refractivity contribution in [2.45, 2.75) is 24.9 Å². The van der Waals surface area contributed by atoms with Gasteiger partial charge >= 0.3 is 0 Å². The second-order valence-electron chi connectivity index (χ2n) is 6.43. The number of fused-ring (bicyclic) bond motifs is 1. The first kappa shape index (κ1) is 16.9. The Morgan fingerprint density at radius 2 is 1.79 bits per heavy atom. The van der Waals surface area contributed by atoms with Crippen molar-refractivity contribution in [3.05, 3.63) is 70.0 Å². The molecule has 0 bridgehead atoms. The van der Waals surface area contributed by atoms with E-state index >= 15 is 0 Å². The summed E-state index contributed by atoms with van der Waals surface area (Å²) in [6, 6.07) is 12.6. The van der Waals surface area contributed by atoms with Crippen LogP contribution in [0.1, 0.15) is 16.7 Å². The molecule has 0 fully saturated rings. The molecule has 0 aromatic heterocycles. The van der Waals surface area contributed by atoms with Crippen molar-refractivity contribution in [1.29, 1.82) is 0 Å². The summed E-state index contributed by atoms with van der Waals surface area (Å²) in [5.41, 5.74) is 2.04. The zero-order valence-electron chi connectivity index (χ0n) is 13.8. The van der Waals surface area contributed by atoms with Gasteiger partial charge in [-0.05, 0) is 37.4 Å². The van der Waals surface area contributed by atoms with Crippen molar-refractivity contribution in [1.82, 2.24) is 10.2 Å². The highest BCUT2D eigenvalue weighted by Crippen LogP contribution is 2.34. The number of hydrogen-bond donors (Lipinski definition) is 1. The van der Waals surface area contributed by atoms with E-state index in [1.165, 1.54) is 17.2 Å². The van der Waals surface area contributed by atoms with Gasteiger partial charge in [0.25, 0.3) is 0 Å².